The van der Waals surface area contributed by atoms with Crippen molar-refractivity contribution in [1.82, 2.24) is 10.3 Å². The van der Waals surface area contributed by atoms with Gasteiger partial charge in [0.05, 0.1) is 6.42 Å². The zero-order chi connectivity index (χ0) is 14.5. The fourth-order valence-corrected chi connectivity index (χ4v) is 2.17. The molecule has 20 heavy (non-hydrogen) atoms. The third kappa shape index (κ3) is 3.60. The van der Waals surface area contributed by atoms with Crippen LogP contribution in [0.25, 0.3) is 10.9 Å². The van der Waals surface area contributed by atoms with Crippen LogP contribution >= 0.6 is 0 Å². The van der Waals surface area contributed by atoms with Crippen molar-refractivity contribution < 1.29 is 14.7 Å². The van der Waals surface area contributed by atoms with E-state index in [0.717, 1.165) is 16.5 Å². The number of hydrogen-bond acceptors (Lipinski definition) is 2. The number of aromatic amines is 1. The van der Waals surface area contributed by atoms with Gasteiger partial charge in [-0.15, -0.1) is 0 Å². The molecule has 1 unspecified atom stereocenters. The van der Waals surface area contributed by atoms with Crippen LogP contribution in [0.2, 0.25) is 0 Å². The van der Waals surface area contributed by atoms with Crippen molar-refractivity contribution in [3.63, 3.8) is 0 Å². The minimum atomic E-state index is -0.844. The lowest BCUT2D eigenvalue weighted by atomic mass is 10.1. The molecular formula is C15H18N2O3. The normalized spacial score (nSPS) is 12.2. The van der Waals surface area contributed by atoms with Crippen LogP contribution < -0.4 is 5.32 Å². The van der Waals surface area contributed by atoms with Gasteiger partial charge in [0, 0.05) is 30.1 Å². The van der Waals surface area contributed by atoms with E-state index in [4.69, 9.17) is 5.11 Å². The highest BCUT2D eigenvalue weighted by atomic mass is 16.4. The smallest absolute Gasteiger partial charge is 0.303 e. The molecule has 2 rings (SSSR count). The second-order valence-corrected chi connectivity index (χ2v) is 5.04. The lowest BCUT2D eigenvalue weighted by molar-refractivity contribution is -0.138. The van der Waals surface area contributed by atoms with Gasteiger partial charge in [0.25, 0.3) is 0 Å². The highest BCUT2D eigenvalue weighted by Gasteiger charge is 2.11. The van der Waals surface area contributed by atoms with Gasteiger partial charge >= 0.3 is 5.97 Å². The zero-order valence-electron chi connectivity index (χ0n) is 11.3. The molecule has 2 aromatic rings. The lowest BCUT2D eigenvalue weighted by Crippen LogP contribution is -2.30. The van der Waals surface area contributed by atoms with E-state index in [-0.39, 0.29) is 18.2 Å². The molecule has 1 atom stereocenters. The fourth-order valence-electron chi connectivity index (χ4n) is 2.17. The number of fused-ring (bicyclic) bond motifs is 1. The van der Waals surface area contributed by atoms with Crippen LogP contribution in [0.15, 0.2) is 30.5 Å². The molecule has 0 bridgehead atoms. The molecule has 0 saturated carbocycles. The van der Waals surface area contributed by atoms with Crippen LogP contribution in [0, 0.1) is 5.92 Å². The number of rotatable bonds is 6. The Morgan fingerprint density at radius 3 is 2.85 bits per heavy atom. The SMILES string of the molecule is CC(CNC(=O)Cc1c[nH]c2ccccc12)CC(=O)O. The van der Waals surface area contributed by atoms with E-state index in [9.17, 15) is 9.59 Å². The average Bonchev–Trinajstić information content (AvgIpc) is 2.79. The summed E-state index contributed by atoms with van der Waals surface area (Å²) in [4.78, 5) is 25.5. The molecule has 1 heterocycles. The first-order chi connectivity index (χ1) is 9.56. The van der Waals surface area contributed by atoms with E-state index in [2.05, 4.69) is 10.3 Å². The van der Waals surface area contributed by atoms with Gasteiger partial charge in [-0.3, -0.25) is 9.59 Å². The summed E-state index contributed by atoms with van der Waals surface area (Å²) in [6.45, 7) is 2.19. The second kappa shape index (κ2) is 6.23. The maximum Gasteiger partial charge on any atom is 0.303 e. The zero-order valence-corrected chi connectivity index (χ0v) is 11.3. The Morgan fingerprint density at radius 1 is 1.35 bits per heavy atom. The highest BCUT2D eigenvalue weighted by molar-refractivity contribution is 5.88. The summed E-state index contributed by atoms with van der Waals surface area (Å²) < 4.78 is 0. The number of carbonyl (C=O) groups excluding carboxylic acids is 1. The minimum Gasteiger partial charge on any atom is -0.481 e. The van der Waals surface area contributed by atoms with Gasteiger partial charge in [0.15, 0.2) is 0 Å². The molecule has 0 spiro atoms. The number of aliphatic carboxylic acids is 1. The molecule has 1 aromatic heterocycles. The maximum atomic E-state index is 11.9. The summed E-state index contributed by atoms with van der Waals surface area (Å²) in [5, 5.41) is 12.5. The van der Waals surface area contributed by atoms with Crippen molar-refractivity contribution in [2.24, 2.45) is 5.92 Å². The van der Waals surface area contributed by atoms with Crippen LogP contribution in [0.5, 0.6) is 0 Å². The van der Waals surface area contributed by atoms with Gasteiger partial charge in [-0.25, -0.2) is 0 Å². The monoisotopic (exact) mass is 274 g/mol. The lowest BCUT2D eigenvalue weighted by Gasteiger charge is -2.10. The first-order valence-corrected chi connectivity index (χ1v) is 6.59. The second-order valence-electron chi connectivity index (χ2n) is 5.04. The standard InChI is InChI=1S/C15H18N2O3/c1-10(6-15(19)20)8-17-14(18)7-11-9-16-13-5-3-2-4-12(11)13/h2-5,9-10,16H,6-8H2,1H3,(H,17,18)(H,19,20). The Kier molecular flexibility index (Phi) is 4.40. The van der Waals surface area contributed by atoms with Crippen molar-refractivity contribution in [1.29, 1.82) is 0 Å². The number of aromatic nitrogens is 1. The van der Waals surface area contributed by atoms with Crippen LogP contribution in [0.4, 0.5) is 0 Å². The van der Waals surface area contributed by atoms with E-state index in [1.54, 1.807) is 6.92 Å². The van der Waals surface area contributed by atoms with Gasteiger partial charge in [-0.05, 0) is 17.5 Å². The Morgan fingerprint density at radius 2 is 2.10 bits per heavy atom. The van der Waals surface area contributed by atoms with Crippen LogP contribution in [0.1, 0.15) is 18.9 Å². The fraction of sp³-hybridized carbons (Fsp3) is 0.333. The molecular weight excluding hydrogens is 256 g/mol. The predicted octanol–water partition coefficient (Wildman–Crippen LogP) is 1.94. The Balaban J connectivity index is 1.90. The molecule has 1 amide bonds. The third-order valence-corrected chi connectivity index (χ3v) is 3.20. The molecule has 0 fully saturated rings. The topological polar surface area (TPSA) is 82.2 Å². The van der Waals surface area contributed by atoms with E-state index in [1.807, 2.05) is 30.5 Å². The summed E-state index contributed by atoms with van der Waals surface area (Å²) in [6, 6.07) is 7.82. The summed E-state index contributed by atoms with van der Waals surface area (Å²) in [6.07, 6.45) is 2.20. The van der Waals surface area contributed by atoms with Gasteiger partial charge < -0.3 is 15.4 Å². The number of carboxylic acid groups (broad SMARTS) is 1. The number of benzene rings is 1. The first kappa shape index (κ1) is 14.1. The summed E-state index contributed by atoms with van der Waals surface area (Å²) in [7, 11) is 0. The summed E-state index contributed by atoms with van der Waals surface area (Å²) in [5.74, 6) is -1.00. The molecule has 5 nitrogen and oxygen atoms in total. The van der Waals surface area contributed by atoms with Crippen molar-refractivity contribution >= 4 is 22.8 Å². The number of hydrogen-bond donors (Lipinski definition) is 3. The first-order valence-electron chi connectivity index (χ1n) is 6.59. The van der Waals surface area contributed by atoms with Crippen molar-refractivity contribution in [3.8, 4) is 0 Å². The third-order valence-electron chi connectivity index (χ3n) is 3.20. The molecule has 5 heteroatoms. The molecule has 3 N–H and O–H groups in total. The minimum absolute atomic E-state index is 0.0629. The maximum absolute atomic E-state index is 11.9. The number of H-pyrrole nitrogens is 1. The van der Waals surface area contributed by atoms with Crippen LogP contribution in [0.3, 0.4) is 0 Å². The molecule has 1 aromatic carbocycles. The van der Waals surface area contributed by atoms with Crippen LogP contribution in [-0.4, -0.2) is 28.5 Å². The van der Waals surface area contributed by atoms with Crippen molar-refractivity contribution in [2.45, 2.75) is 19.8 Å². The summed E-state index contributed by atoms with van der Waals surface area (Å²) >= 11 is 0. The number of carbonyl (C=O) groups is 2. The molecule has 0 saturated heterocycles. The quantitative estimate of drug-likeness (QED) is 0.752. The number of carboxylic acids is 1. The van der Waals surface area contributed by atoms with Crippen molar-refractivity contribution in [2.75, 3.05) is 6.54 Å². The molecule has 106 valence electrons. The number of amides is 1. The summed E-state index contributed by atoms with van der Waals surface area (Å²) in [5.41, 5.74) is 1.96. The Bertz CT molecular complexity index is 618. The largest absolute Gasteiger partial charge is 0.481 e. The molecule has 0 radical (unpaired) electrons. The van der Waals surface area contributed by atoms with E-state index in [1.165, 1.54) is 0 Å². The highest BCUT2D eigenvalue weighted by Crippen LogP contribution is 2.17. The molecule has 0 aliphatic carbocycles. The van der Waals surface area contributed by atoms with Gasteiger partial charge in [-0.1, -0.05) is 25.1 Å². The Hall–Kier alpha value is -2.30. The molecule has 0 aliphatic heterocycles. The Labute approximate surface area is 117 Å². The van der Waals surface area contributed by atoms with Crippen LogP contribution in [-0.2, 0) is 16.0 Å². The average molecular weight is 274 g/mol. The van der Waals surface area contributed by atoms with Gasteiger partial charge in [-0.2, -0.15) is 0 Å². The number of para-hydroxylation sites is 1. The number of nitrogens with one attached hydrogen (secondary N) is 2. The van der Waals surface area contributed by atoms with E-state index in [0.29, 0.717) is 13.0 Å². The predicted molar refractivity (Wildman–Crippen MR) is 76.4 cm³/mol. The molecule has 0 aliphatic rings. The van der Waals surface area contributed by atoms with Crippen molar-refractivity contribution in [3.05, 3.63) is 36.0 Å². The van der Waals surface area contributed by atoms with E-state index < -0.39 is 5.97 Å². The van der Waals surface area contributed by atoms with Gasteiger partial charge in [0.2, 0.25) is 5.91 Å². The van der Waals surface area contributed by atoms with Gasteiger partial charge in [0.1, 0.15) is 0 Å². The van der Waals surface area contributed by atoms with E-state index >= 15 is 0 Å².